The van der Waals surface area contributed by atoms with E-state index >= 15 is 0 Å². The van der Waals surface area contributed by atoms with Crippen molar-refractivity contribution >= 4 is 11.6 Å². The van der Waals surface area contributed by atoms with Gasteiger partial charge in [-0.05, 0) is 25.0 Å². The number of hydrogen-bond donors (Lipinski definition) is 1. The SMILES string of the molecule is CC(=O)c1c(C)[nH]c(-c2ccccc2)c1CC(=O)c1ccccc1. The molecule has 2 aromatic carbocycles. The Kier molecular flexibility index (Phi) is 4.43. The third-order valence-electron chi connectivity index (χ3n) is 4.14. The lowest BCUT2D eigenvalue weighted by atomic mass is 9.95. The van der Waals surface area contributed by atoms with Crippen LogP contribution in [-0.4, -0.2) is 16.6 Å². The Morgan fingerprint density at radius 3 is 2.08 bits per heavy atom. The fourth-order valence-electron chi connectivity index (χ4n) is 3.07. The zero-order valence-electron chi connectivity index (χ0n) is 13.8. The first-order valence-corrected chi connectivity index (χ1v) is 7.94. The molecule has 0 radical (unpaired) electrons. The summed E-state index contributed by atoms with van der Waals surface area (Å²) in [5, 5.41) is 0. The first-order valence-electron chi connectivity index (χ1n) is 7.94. The number of H-pyrrole nitrogens is 1. The molecule has 0 saturated heterocycles. The molecular formula is C21H19NO2. The average molecular weight is 317 g/mol. The summed E-state index contributed by atoms with van der Waals surface area (Å²) in [4.78, 5) is 28.1. The number of ketones is 2. The van der Waals surface area contributed by atoms with E-state index in [9.17, 15) is 9.59 Å². The van der Waals surface area contributed by atoms with E-state index in [1.807, 2.05) is 55.5 Å². The molecule has 3 heteroatoms. The molecule has 0 amide bonds. The van der Waals surface area contributed by atoms with Gasteiger partial charge in [-0.25, -0.2) is 0 Å². The molecule has 0 saturated carbocycles. The van der Waals surface area contributed by atoms with Gasteiger partial charge in [0.1, 0.15) is 0 Å². The maximum Gasteiger partial charge on any atom is 0.167 e. The van der Waals surface area contributed by atoms with Gasteiger partial charge < -0.3 is 4.98 Å². The minimum atomic E-state index is -0.0261. The predicted molar refractivity (Wildman–Crippen MR) is 95.4 cm³/mol. The number of aromatic amines is 1. The number of aryl methyl sites for hydroxylation is 1. The molecule has 1 aromatic heterocycles. The summed E-state index contributed by atoms with van der Waals surface area (Å²) in [6.45, 7) is 3.42. The van der Waals surface area contributed by atoms with Gasteiger partial charge in [-0.15, -0.1) is 0 Å². The highest BCUT2D eigenvalue weighted by Gasteiger charge is 2.22. The number of Topliss-reactive ketones (excluding diaryl/α,β-unsaturated/α-hetero) is 2. The van der Waals surface area contributed by atoms with Crippen LogP contribution in [0.15, 0.2) is 60.7 Å². The normalized spacial score (nSPS) is 10.6. The second-order valence-corrected chi connectivity index (χ2v) is 5.87. The molecule has 24 heavy (non-hydrogen) atoms. The Morgan fingerprint density at radius 2 is 1.50 bits per heavy atom. The van der Waals surface area contributed by atoms with Crippen LogP contribution >= 0.6 is 0 Å². The van der Waals surface area contributed by atoms with Crippen LogP contribution in [0.25, 0.3) is 11.3 Å². The third kappa shape index (κ3) is 3.06. The van der Waals surface area contributed by atoms with Gasteiger partial charge in [0.2, 0.25) is 0 Å². The van der Waals surface area contributed by atoms with Gasteiger partial charge in [0.05, 0.1) is 5.69 Å². The van der Waals surface area contributed by atoms with Gasteiger partial charge in [-0.1, -0.05) is 60.7 Å². The number of carbonyl (C=O) groups excluding carboxylic acids is 2. The lowest BCUT2D eigenvalue weighted by molar-refractivity contribution is 0.0992. The molecule has 1 N–H and O–H groups in total. The Hall–Kier alpha value is -2.94. The molecule has 0 atom stereocenters. The lowest BCUT2D eigenvalue weighted by Crippen LogP contribution is -2.07. The van der Waals surface area contributed by atoms with Gasteiger partial charge in [0.15, 0.2) is 11.6 Å². The molecule has 0 aliphatic rings. The highest BCUT2D eigenvalue weighted by Crippen LogP contribution is 2.29. The molecule has 0 bridgehead atoms. The van der Waals surface area contributed by atoms with E-state index in [1.165, 1.54) is 0 Å². The maximum absolute atomic E-state index is 12.7. The largest absolute Gasteiger partial charge is 0.358 e. The highest BCUT2D eigenvalue weighted by molar-refractivity contribution is 6.03. The number of benzene rings is 2. The molecule has 3 aromatic rings. The van der Waals surface area contributed by atoms with E-state index in [4.69, 9.17) is 0 Å². The molecule has 0 fully saturated rings. The second kappa shape index (κ2) is 6.67. The average Bonchev–Trinajstić information content (AvgIpc) is 2.92. The summed E-state index contributed by atoms with van der Waals surface area (Å²) in [6, 6.07) is 19.0. The van der Waals surface area contributed by atoms with Crippen LogP contribution in [0, 0.1) is 6.92 Å². The summed E-state index contributed by atoms with van der Waals surface area (Å²) in [7, 11) is 0. The van der Waals surface area contributed by atoms with E-state index in [0.29, 0.717) is 11.1 Å². The number of aromatic nitrogens is 1. The van der Waals surface area contributed by atoms with Crippen molar-refractivity contribution in [1.29, 1.82) is 0 Å². The van der Waals surface area contributed by atoms with Crippen molar-refractivity contribution in [2.75, 3.05) is 0 Å². The van der Waals surface area contributed by atoms with E-state index in [-0.39, 0.29) is 18.0 Å². The fourth-order valence-corrected chi connectivity index (χ4v) is 3.07. The first-order chi connectivity index (χ1) is 11.6. The standard InChI is InChI=1S/C21H19NO2/c1-14-20(15(2)23)18(13-19(24)16-9-5-3-6-10-16)21(22-14)17-11-7-4-8-12-17/h3-12,22H,13H2,1-2H3. The quantitative estimate of drug-likeness (QED) is 0.698. The van der Waals surface area contributed by atoms with E-state index in [0.717, 1.165) is 22.5 Å². The molecule has 3 nitrogen and oxygen atoms in total. The summed E-state index contributed by atoms with van der Waals surface area (Å²) < 4.78 is 0. The smallest absolute Gasteiger partial charge is 0.167 e. The molecule has 0 aliphatic heterocycles. The summed E-state index contributed by atoms with van der Waals surface area (Å²) >= 11 is 0. The Balaban J connectivity index is 2.08. The van der Waals surface area contributed by atoms with E-state index in [2.05, 4.69) is 4.98 Å². The Morgan fingerprint density at radius 1 is 0.917 bits per heavy atom. The van der Waals surface area contributed by atoms with Crippen molar-refractivity contribution in [3.05, 3.63) is 83.0 Å². The molecular weight excluding hydrogens is 298 g/mol. The van der Waals surface area contributed by atoms with Gasteiger partial charge in [-0.3, -0.25) is 9.59 Å². The molecule has 1 heterocycles. The third-order valence-corrected chi connectivity index (χ3v) is 4.14. The van der Waals surface area contributed by atoms with Crippen LogP contribution in [0.4, 0.5) is 0 Å². The van der Waals surface area contributed by atoms with Crippen LogP contribution < -0.4 is 0 Å². The summed E-state index contributed by atoms with van der Waals surface area (Å²) in [6.07, 6.45) is 0.202. The highest BCUT2D eigenvalue weighted by atomic mass is 16.1. The van der Waals surface area contributed by atoms with E-state index in [1.54, 1.807) is 19.1 Å². The van der Waals surface area contributed by atoms with Crippen molar-refractivity contribution in [3.8, 4) is 11.3 Å². The van der Waals surface area contributed by atoms with Crippen LogP contribution in [-0.2, 0) is 6.42 Å². The molecule has 0 aliphatic carbocycles. The summed E-state index contributed by atoms with van der Waals surface area (Å²) in [5.41, 5.74) is 4.69. The molecule has 0 spiro atoms. The molecule has 120 valence electrons. The minimum absolute atomic E-state index is 0.00859. The van der Waals surface area contributed by atoms with Crippen LogP contribution in [0.1, 0.15) is 38.9 Å². The monoisotopic (exact) mass is 317 g/mol. The van der Waals surface area contributed by atoms with Gasteiger partial charge >= 0.3 is 0 Å². The Labute approximate surface area is 141 Å². The van der Waals surface area contributed by atoms with Gasteiger partial charge in [0, 0.05) is 23.2 Å². The topological polar surface area (TPSA) is 49.9 Å². The zero-order chi connectivity index (χ0) is 17.1. The minimum Gasteiger partial charge on any atom is -0.358 e. The van der Waals surface area contributed by atoms with Crippen molar-refractivity contribution < 1.29 is 9.59 Å². The number of hydrogen-bond acceptors (Lipinski definition) is 2. The predicted octanol–water partition coefficient (Wildman–Crippen LogP) is 4.62. The van der Waals surface area contributed by atoms with Crippen LogP contribution in [0.5, 0.6) is 0 Å². The number of nitrogens with one attached hydrogen (secondary N) is 1. The van der Waals surface area contributed by atoms with Crippen LogP contribution in [0.2, 0.25) is 0 Å². The fraction of sp³-hybridized carbons (Fsp3) is 0.143. The zero-order valence-corrected chi connectivity index (χ0v) is 13.8. The lowest BCUT2D eigenvalue weighted by Gasteiger charge is -2.07. The first kappa shape index (κ1) is 15.9. The number of rotatable bonds is 5. The van der Waals surface area contributed by atoms with Crippen molar-refractivity contribution in [1.82, 2.24) is 4.98 Å². The maximum atomic E-state index is 12.7. The van der Waals surface area contributed by atoms with Gasteiger partial charge in [-0.2, -0.15) is 0 Å². The van der Waals surface area contributed by atoms with Crippen molar-refractivity contribution in [2.45, 2.75) is 20.3 Å². The Bertz CT molecular complexity index is 877. The number of carbonyl (C=O) groups is 2. The van der Waals surface area contributed by atoms with Gasteiger partial charge in [0.25, 0.3) is 0 Å². The van der Waals surface area contributed by atoms with Crippen LogP contribution in [0.3, 0.4) is 0 Å². The molecule has 0 unspecified atom stereocenters. The summed E-state index contributed by atoms with van der Waals surface area (Å²) in [5.74, 6) is -0.0175. The second-order valence-electron chi connectivity index (χ2n) is 5.87. The van der Waals surface area contributed by atoms with Crippen molar-refractivity contribution in [3.63, 3.8) is 0 Å². The molecule has 3 rings (SSSR count). The van der Waals surface area contributed by atoms with Crippen molar-refractivity contribution in [2.24, 2.45) is 0 Å². The van der Waals surface area contributed by atoms with E-state index < -0.39 is 0 Å².